The predicted molar refractivity (Wildman–Crippen MR) is 116 cm³/mol. The van der Waals surface area contributed by atoms with Crippen LogP contribution in [-0.2, 0) is 26.3 Å². The second kappa shape index (κ2) is 7.53. The Kier molecular flexibility index (Phi) is 5.03. The van der Waals surface area contributed by atoms with Gasteiger partial charge in [-0.2, -0.15) is 0 Å². The highest BCUT2D eigenvalue weighted by Crippen LogP contribution is 2.34. The largest absolute Gasteiger partial charge is 0.332 e. The quantitative estimate of drug-likeness (QED) is 0.642. The first kappa shape index (κ1) is 20.0. The lowest BCUT2D eigenvalue weighted by atomic mass is 9.90. The molecule has 0 fully saturated rings. The molecule has 0 spiro atoms. The van der Waals surface area contributed by atoms with E-state index in [0.29, 0.717) is 22.8 Å². The van der Waals surface area contributed by atoms with E-state index in [-0.39, 0.29) is 27.9 Å². The van der Waals surface area contributed by atoms with Gasteiger partial charge in [-0.15, -0.1) is 11.8 Å². The number of carbonyl (C=O) groups excluding carboxylic acids is 2. The number of fused-ring (bicyclic) bond motifs is 3. The number of Topliss-reactive ketones (excluding diaryl/α,β-unsaturated/α-hetero) is 1. The highest BCUT2D eigenvalue weighted by Gasteiger charge is 2.33. The molecular formula is C22H19N3O4S. The smallest absolute Gasteiger partial charge is 0.289 e. The van der Waals surface area contributed by atoms with Crippen LogP contribution >= 0.6 is 11.8 Å². The highest BCUT2D eigenvalue weighted by molar-refractivity contribution is 8.03. The fraction of sp³-hybridized carbons (Fsp3) is 0.227. The van der Waals surface area contributed by atoms with Gasteiger partial charge >= 0.3 is 5.69 Å². The summed E-state index contributed by atoms with van der Waals surface area (Å²) in [6.45, 7) is 1.82. The molecule has 1 aliphatic carbocycles. The molecule has 8 heteroatoms. The van der Waals surface area contributed by atoms with Gasteiger partial charge in [0.25, 0.3) is 5.56 Å². The number of pyridine rings is 1. The lowest BCUT2D eigenvalue weighted by Crippen LogP contribution is -2.39. The summed E-state index contributed by atoms with van der Waals surface area (Å²) in [6, 6.07) is 9.65. The fourth-order valence-electron chi connectivity index (χ4n) is 3.61. The maximum atomic E-state index is 13.3. The molecular weight excluding hydrogens is 402 g/mol. The molecule has 1 aliphatic rings. The molecule has 0 amide bonds. The molecule has 3 aromatic rings. The van der Waals surface area contributed by atoms with Crippen LogP contribution in [0.15, 0.2) is 50.9 Å². The van der Waals surface area contributed by atoms with E-state index in [0.717, 1.165) is 10.1 Å². The number of rotatable bonds is 4. The van der Waals surface area contributed by atoms with Crippen molar-refractivity contribution in [2.24, 2.45) is 14.1 Å². The minimum absolute atomic E-state index is 0.00788. The van der Waals surface area contributed by atoms with Gasteiger partial charge in [0.15, 0.2) is 5.78 Å². The Morgan fingerprint density at radius 2 is 1.67 bits per heavy atom. The van der Waals surface area contributed by atoms with Crippen molar-refractivity contribution in [3.05, 3.63) is 84.5 Å². The zero-order valence-electron chi connectivity index (χ0n) is 16.8. The molecule has 0 radical (unpaired) electrons. The normalized spacial score (nSPS) is 13.5. The van der Waals surface area contributed by atoms with Gasteiger partial charge in [-0.1, -0.05) is 37.3 Å². The molecule has 1 aromatic carbocycles. The SMILES string of the molecule is CCc1nc2c(c3c1C(=O)C(SCc1ccccc1)=CC3=O)c(=O)n(C)c(=O)n2C. The Hall–Kier alpha value is -3.26. The van der Waals surface area contributed by atoms with Crippen molar-refractivity contribution in [1.82, 2.24) is 14.1 Å². The molecule has 7 nitrogen and oxygen atoms in total. The minimum atomic E-state index is -0.630. The molecule has 0 N–H and O–H groups in total. The third kappa shape index (κ3) is 3.04. The van der Waals surface area contributed by atoms with E-state index >= 15 is 0 Å². The topological polar surface area (TPSA) is 91.0 Å². The molecule has 4 rings (SSSR count). The van der Waals surface area contributed by atoms with Gasteiger partial charge in [0, 0.05) is 25.9 Å². The summed E-state index contributed by atoms with van der Waals surface area (Å²) >= 11 is 1.29. The lowest BCUT2D eigenvalue weighted by Gasteiger charge is -2.20. The molecule has 0 saturated heterocycles. The molecule has 0 atom stereocenters. The van der Waals surface area contributed by atoms with E-state index in [2.05, 4.69) is 4.98 Å². The summed E-state index contributed by atoms with van der Waals surface area (Å²) in [4.78, 5) is 56.3. The molecule has 152 valence electrons. The summed E-state index contributed by atoms with van der Waals surface area (Å²) < 4.78 is 2.16. The van der Waals surface area contributed by atoms with Crippen molar-refractivity contribution in [2.75, 3.05) is 0 Å². The van der Waals surface area contributed by atoms with Crippen LogP contribution in [0.2, 0.25) is 0 Å². The number of aryl methyl sites for hydroxylation is 2. The number of allylic oxidation sites excluding steroid dienone is 2. The second-order valence-corrected chi connectivity index (χ2v) is 8.06. The molecule has 0 unspecified atom stereocenters. The van der Waals surface area contributed by atoms with Crippen molar-refractivity contribution < 1.29 is 9.59 Å². The number of carbonyl (C=O) groups is 2. The summed E-state index contributed by atoms with van der Waals surface area (Å²) in [5, 5.41) is 0.00788. The van der Waals surface area contributed by atoms with Gasteiger partial charge in [0.05, 0.1) is 27.1 Å². The van der Waals surface area contributed by atoms with Crippen LogP contribution in [0.4, 0.5) is 0 Å². The van der Waals surface area contributed by atoms with Crippen LogP contribution in [0.1, 0.15) is 38.9 Å². The van der Waals surface area contributed by atoms with Crippen molar-refractivity contribution in [3.8, 4) is 0 Å². The van der Waals surface area contributed by atoms with Crippen LogP contribution < -0.4 is 11.2 Å². The summed E-state index contributed by atoms with van der Waals surface area (Å²) in [5.74, 6) is -0.189. The molecule has 2 aromatic heterocycles. The van der Waals surface area contributed by atoms with Gasteiger partial charge in [0.1, 0.15) is 5.65 Å². The first-order valence-electron chi connectivity index (χ1n) is 9.45. The van der Waals surface area contributed by atoms with Gasteiger partial charge in [-0.25, -0.2) is 9.78 Å². The summed E-state index contributed by atoms with van der Waals surface area (Å²) in [7, 11) is 2.84. The number of thioether (sulfide) groups is 1. The number of benzene rings is 1. The van der Waals surface area contributed by atoms with Crippen molar-refractivity contribution in [1.29, 1.82) is 0 Å². The van der Waals surface area contributed by atoms with Gasteiger partial charge < -0.3 is 0 Å². The second-order valence-electron chi connectivity index (χ2n) is 7.04. The Morgan fingerprint density at radius 1 is 0.967 bits per heavy atom. The molecule has 2 heterocycles. The van der Waals surface area contributed by atoms with Crippen molar-refractivity contribution in [3.63, 3.8) is 0 Å². The summed E-state index contributed by atoms with van der Waals surface area (Å²) in [5.41, 5.74) is 0.607. The molecule has 30 heavy (non-hydrogen) atoms. The molecule has 0 aliphatic heterocycles. The number of hydrogen-bond acceptors (Lipinski definition) is 6. The number of nitrogens with zero attached hydrogens (tertiary/aromatic N) is 3. The molecule has 0 bridgehead atoms. The van der Waals surface area contributed by atoms with Crippen LogP contribution in [0.3, 0.4) is 0 Å². The third-order valence-corrected chi connectivity index (χ3v) is 6.29. The third-order valence-electron chi connectivity index (χ3n) is 5.19. The van der Waals surface area contributed by atoms with Crippen LogP contribution in [0.25, 0.3) is 11.0 Å². The molecule has 0 saturated carbocycles. The minimum Gasteiger partial charge on any atom is -0.289 e. The standard InChI is InChI=1S/C22H19N3O4S/c1-4-13-16-17(18-20(23-13)24(2)22(29)25(3)21(18)28)14(26)10-15(19(16)27)30-11-12-8-6-5-7-9-12/h5-10H,4,11H2,1-3H3. The number of aromatic nitrogens is 3. The number of hydrogen-bond donors (Lipinski definition) is 0. The van der Waals surface area contributed by atoms with Gasteiger partial charge in [0.2, 0.25) is 5.78 Å². The van der Waals surface area contributed by atoms with Gasteiger partial charge in [-0.3, -0.25) is 23.5 Å². The Morgan fingerprint density at radius 3 is 2.33 bits per heavy atom. The van der Waals surface area contributed by atoms with Crippen LogP contribution in [0.5, 0.6) is 0 Å². The Labute approximate surface area is 176 Å². The van der Waals surface area contributed by atoms with E-state index in [1.165, 1.54) is 36.5 Å². The number of ketones is 2. The maximum Gasteiger partial charge on any atom is 0.332 e. The summed E-state index contributed by atoms with van der Waals surface area (Å²) in [6.07, 6.45) is 1.68. The first-order chi connectivity index (χ1) is 14.3. The van der Waals surface area contributed by atoms with Crippen molar-refractivity contribution >= 4 is 34.4 Å². The van der Waals surface area contributed by atoms with Crippen LogP contribution in [0, 0.1) is 0 Å². The monoisotopic (exact) mass is 421 g/mol. The first-order valence-corrected chi connectivity index (χ1v) is 10.4. The fourth-order valence-corrected chi connectivity index (χ4v) is 4.54. The zero-order valence-corrected chi connectivity index (χ0v) is 17.6. The van der Waals surface area contributed by atoms with E-state index in [4.69, 9.17) is 0 Å². The Bertz CT molecular complexity index is 1370. The van der Waals surface area contributed by atoms with E-state index in [1.807, 2.05) is 37.3 Å². The average molecular weight is 421 g/mol. The zero-order chi connectivity index (χ0) is 21.6. The van der Waals surface area contributed by atoms with E-state index < -0.39 is 17.0 Å². The van der Waals surface area contributed by atoms with E-state index in [1.54, 1.807) is 0 Å². The maximum absolute atomic E-state index is 13.3. The van der Waals surface area contributed by atoms with E-state index in [9.17, 15) is 19.2 Å². The van der Waals surface area contributed by atoms with Gasteiger partial charge in [-0.05, 0) is 12.0 Å². The van der Waals surface area contributed by atoms with Crippen LogP contribution in [-0.4, -0.2) is 25.7 Å². The highest BCUT2D eigenvalue weighted by atomic mass is 32.2. The lowest BCUT2D eigenvalue weighted by molar-refractivity contribution is 0.0991. The Balaban J connectivity index is 1.91. The predicted octanol–water partition coefficient (Wildman–Crippen LogP) is 2.39. The average Bonchev–Trinajstić information content (AvgIpc) is 2.76. The van der Waals surface area contributed by atoms with Crippen molar-refractivity contribution in [2.45, 2.75) is 19.1 Å².